The fourth-order valence-corrected chi connectivity index (χ4v) is 3.42. The van der Waals surface area contributed by atoms with Crippen LogP contribution in [0.3, 0.4) is 0 Å². The van der Waals surface area contributed by atoms with Crippen LogP contribution in [0.5, 0.6) is 5.75 Å². The van der Waals surface area contributed by atoms with Gasteiger partial charge in [-0.05, 0) is 48.9 Å². The fraction of sp³-hybridized carbons (Fsp3) is 0.375. The van der Waals surface area contributed by atoms with Crippen molar-refractivity contribution in [2.24, 2.45) is 11.0 Å². The summed E-state index contributed by atoms with van der Waals surface area (Å²) >= 11 is 0. The van der Waals surface area contributed by atoms with Gasteiger partial charge in [0, 0.05) is 20.0 Å². The molecule has 32 heavy (non-hydrogen) atoms. The molecular formula is C24H30FN3O4. The number of nitrogens with zero attached hydrogens (tertiary/aromatic N) is 2. The topological polar surface area (TPSA) is 80.2 Å². The van der Waals surface area contributed by atoms with Gasteiger partial charge < -0.3 is 14.8 Å². The quantitative estimate of drug-likeness (QED) is 0.654. The summed E-state index contributed by atoms with van der Waals surface area (Å²) in [6.07, 6.45) is -1.44. The normalized spacial score (nSPS) is 18.8. The second-order valence-electron chi connectivity index (χ2n) is 7.33. The zero-order chi connectivity index (χ0) is 23.3. The summed E-state index contributed by atoms with van der Waals surface area (Å²) in [5, 5.41) is 8.26. The Hall–Kier alpha value is -3.26. The Bertz CT molecular complexity index is 993. The highest BCUT2D eigenvalue weighted by atomic mass is 19.1. The molecule has 2 aliphatic heterocycles. The van der Waals surface area contributed by atoms with Crippen LogP contribution < -0.4 is 15.1 Å². The van der Waals surface area contributed by atoms with Crippen LogP contribution in [0.2, 0.25) is 0 Å². The van der Waals surface area contributed by atoms with Gasteiger partial charge >= 0.3 is 0 Å². The summed E-state index contributed by atoms with van der Waals surface area (Å²) in [7, 11) is 0. The Labute approximate surface area is 188 Å². The summed E-state index contributed by atoms with van der Waals surface area (Å²) < 4.78 is 23.1. The van der Waals surface area contributed by atoms with Gasteiger partial charge in [-0.1, -0.05) is 26.0 Å². The smallest absolute Gasteiger partial charge is 0.265 e. The van der Waals surface area contributed by atoms with Crippen LogP contribution >= 0.6 is 0 Å². The molecule has 0 aromatic heterocycles. The van der Waals surface area contributed by atoms with E-state index in [0.29, 0.717) is 42.0 Å². The van der Waals surface area contributed by atoms with E-state index in [1.807, 2.05) is 32.0 Å². The van der Waals surface area contributed by atoms with E-state index >= 15 is 0 Å². The largest absolute Gasteiger partial charge is 0.461 e. The average molecular weight is 444 g/mol. The number of rotatable bonds is 6. The van der Waals surface area contributed by atoms with Crippen LogP contribution in [0.1, 0.15) is 40.6 Å². The molecule has 0 aliphatic carbocycles. The molecule has 4 rings (SSSR count). The Morgan fingerprint density at radius 3 is 2.53 bits per heavy atom. The Morgan fingerprint density at radius 2 is 1.94 bits per heavy atom. The standard InChI is InChI=1S/C22H22FN3O4.C2H6.H2/c1-13-20(21(27)24-17-5-3-4-15(10-17)16-11-29-12-16)22(28)26(25-13)18-6-8-19(9-7-18)30-14(2)23;1-2;/h3-10,14,16,20H,11-12H2,1-2H3,(H,24,27);1-2H3;1H. The van der Waals surface area contributed by atoms with Crippen LogP contribution in [0.25, 0.3) is 0 Å². The molecule has 172 valence electrons. The SMILES string of the molecule is CC.CC1=NN(c2ccc(OC(C)F)cc2)C(=O)C1C(=O)Nc1cccc(C2COC2)c1.[HH]. The molecule has 8 heteroatoms. The number of alkyl halides is 1. The van der Waals surface area contributed by atoms with Gasteiger partial charge in [0.2, 0.25) is 12.3 Å². The van der Waals surface area contributed by atoms with E-state index in [2.05, 4.69) is 10.4 Å². The number of hydrogen-bond acceptors (Lipinski definition) is 5. The van der Waals surface area contributed by atoms with Gasteiger partial charge in [-0.15, -0.1) is 0 Å². The van der Waals surface area contributed by atoms with E-state index < -0.39 is 24.1 Å². The summed E-state index contributed by atoms with van der Waals surface area (Å²) in [4.78, 5) is 25.7. The van der Waals surface area contributed by atoms with Gasteiger partial charge in [0.05, 0.1) is 24.6 Å². The second kappa shape index (κ2) is 10.4. The van der Waals surface area contributed by atoms with Crippen molar-refractivity contribution in [3.05, 3.63) is 54.1 Å². The first-order chi connectivity index (χ1) is 15.4. The number of carbonyl (C=O) groups is 2. The number of anilines is 2. The molecule has 1 fully saturated rings. The van der Waals surface area contributed by atoms with E-state index in [0.717, 1.165) is 5.56 Å². The van der Waals surface area contributed by atoms with E-state index in [9.17, 15) is 14.0 Å². The van der Waals surface area contributed by atoms with E-state index in [1.54, 1.807) is 37.3 Å². The average Bonchev–Trinajstić information content (AvgIpc) is 3.03. The summed E-state index contributed by atoms with van der Waals surface area (Å²) in [6, 6.07) is 13.8. The van der Waals surface area contributed by atoms with E-state index in [4.69, 9.17) is 9.47 Å². The maximum Gasteiger partial charge on any atom is 0.265 e. The van der Waals surface area contributed by atoms with Gasteiger partial charge in [-0.25, -0.2) is 4.39 Å². The van der Waals surface area contributed by atoms with Crippen molar-refractivity contribution in [2.45, 2.75) is 40.0 Å². The Morgan fingerprint density at radius 1 is 1.25 bits per heavy atom. The van der Waals surface area contributed by atoms with Crippen molar-refractivity contribution in [3.63, 3.8) is 0 Å². The number of carbonyl (C=O) groups excluding carboxylic acids is 2. The predicted molar refractivity (Wildman–Crippen MR) is 124 cm³/mol. The van der Waals surface area contributed by atoms with Gasteiger partial charge in [-0.3, -0.25) is 9.59 Å². The van der Waals surface area contributed by atoms with Gasteiger partial charge in [0.25, 0.3) is 5.91 Å². The molecule has 2 amide bonds. The highest BCUT2D eigenvalue weighted by Crippen LogP contribution is 2.29. The highest BCUT2D eigenvalue weighted by molar-refractivity contribution is 6.28. The minimum Gasteiger partial charge on any atom is -0.461 e. The molecule has 1 saturated heterocycles. The molecule has 2 unspecified atom stereocenters. The lowest BCUT2D eigenvalue weighted by atomic mass is 9.97. The van der Waals surface area contributed by atoms with E-state index in [1.165, 1.54) is 11.9 Å². The summed E-state index contributed by atoms with van der Waals surface area (Å²) in [5.74, 6) is -1.21. The van der Waals surface area contributed by atoms with Crippen molar-refractivity contribution in [3.8, 4) is 5.75 Å². The van der Waals surface area contributed by atoms with Crippen molar-refractivity contribution >= 4 is 28.9 Å². The fourth-order valence-electron chi connectivity index (χ4n) is 3.42. The molecule has 2 aromatic carbocycles. The highest BCUT2D eigenvalue weighted by Gasteiger charge is 2.39. The first-order valence-electron chi connectivity index (χ1n) is 10.7. The molecule has 2 aliphatic rings. The van der Waals surface area contributed by atoms with Crippen LogP contribution in [0.15, 0.2) is 53.6 Å². The van der Waals surface area contributed by atoms with Crippen molar-refractivity contribution in [1.82, 2.24) is 0 Å². The van der Waals surface area contributed by atoms with Crippen molar-refractivity contribution in [1.29, 1.82) is 0 Å². The number of benzene rings is 2. The number of halogens is 1. The van der Waals surface area contributed by atoms with Crippen LogP contribution in [-0.4, -0.2) is 37.1 Å². The monoisotopic (exact) mass is 443 g/mol. The minimum absolute atomic E-state index is 0. The molecule has 2 atom stereocenters. The molecule has 0 bridgehead atoms. The van der Waals surface area contributed by atoms with Crippen LogP contribution in [0.4, 0.5) is 15.8 Å². The maximum atomic E-state index is 13.0. The van der Waals surface area contributed by atoms with E-state index in [-0.39, 0.29) is 1.43 Å². The number of hydrogen-bond donors (Lipinski definition) is 1. The van der Waals surface area contributed by atoms with Crippen molar-refractivity contribution < 1.29 is 24.9 Å². The Balaban J connectivity index is 0.00000125. The zero-order valence-electron chi connectivity index (χ0n) is 18.7. The minimum atomic E-state index is -1.44. The first kappa shape index (κ1) is 23.4. The van der Waals surface area contributed by atoms with Gasteiger partial charge in [-0.2, -0.15) is 10.1 Å². The lowest BCUT2D eigenvalue weighted by molar-refractivity contribution is -0.127. The number of amides is 2. The third-order valence-electron chi connectivity index (χ3n) is 5.04. The predicted octanol–water partition coefficient (Wildman–Crippen LogP) is 4.74. The number of ether oxygens (including phenoxy) is 2. The molecule has 7 nitrogen and oxygen atoms in total. The first-order valence-corrected chi connectivity index (χ1v) is 10.7. The summed E-state index contributed by atoms with van der Waals surface area (Å²) in [6.45, 7) is 8.28. The molecule has 1 N–H and O–H groups in total. The third kappa shape index (κ3) is 5.13. The molecule has 0 spiro atoms. The Kier molecular flexibility index (Phi) is 7.58. The maximum absolute atomic E-state index is 13.0. The second-order valence-corrected chi connectivity index (χ2v) is 7.33. The lowest BCUT2D eigenvalue weighted by Gasteiger charge is -2.26. The van der Waals surface area contributed by atoms with Gasteiger partial charge in [0.1, 0.15) is 5.75 Å². The number of hydrazone groups is 1. The lowest BCUT2D eigenvalue weighted by Crippen LogP contribution is -2.36. The molecule has 2 aromatic rings. The molecule has 0 radical (unpaired) electrons. The molecular weight excluding hydrogens is 413 g/mol. The van der Waals surface area contributed by atoms with Crippen LogP contribution in [-0.2, 0) is 14.3 Å². The third-order valence-corrected chi connectivity index (χ3v) is 5.04. The molecule has 2 heterocycles. The van der Waals surface area contributed by atoms with Crippen molar-refractivity contribution in [2.75, 3.05) is 23.5 Å². The summed E-state index contributed by atoms with van der Waals surface area (Å²) in [5.41, 5.74) is 2.60. The van der Waals surface area contributed by atoms with Crippen LogP contribution in [0, 0.1) is 5.92 Å². The zero-order valence-corrected chi connectivity index (χ0v) is 18.7. The molecule has 0 saturated carbocycles. The number of nitrogens with one attached hydrogen (secondary N) is 1. The van der Waals surface area contributed by atoms with Gasteiger partial charge in [0.15, 0.2) is 5.92 Å².